The second-order valence-electron chi connectivity index (χ2n) is 3.83. The molecule has 1 aromatic heterocycles. The Kier molecular flexibility index (Phi) is 7.88. The number of aromatic nitrogens is 2. The van der Waals surface area contributed by atoms with E-state index in [1.807, 2.05) is 0 Å². The van der Waals surface area contributed by atoms with E-state index in [0.717, 1.165) is 0 Å². The van der Waals surface area contributed by atoms with Crippen LogP contribution < -0.4 is 5.56 Å². The fraction of sp³-hybridized carbons (Fsp3) is 0.667. The maximum atomic E-state index is 11.8. The van der Waals surface area contributed by atoms with Crippen LogP contribution in [0.15, 0.2) is 15.5 Å². The van der Waals surface area contributed by atoms with Crippen LogP contribution in [0, 0.1) is 6.92 Å². The van der Waals surface area contributed by atoms with Gasteiger partial charge in [0, 0.05) is 13.3 Å². The normalized spacial score (nSPS) is 10.9. The zero-order valence-corrected chi connectivity index (χ0v) is 12.8. The van der Waals surface area contributed by atoms with Gasteiger partial charge in [0.15, 0.2) is 0 Å². The van der Waals surface area contributed by atoms with Crippen molar-refractivity contribution in [1.82, 2.24) is 9.55 Å². The highest BCUT2D eigenvalue weighted by Crippen LogP contribution is 2.01. The number of rotatable bonds is 9. The number of nitrogens with zero attached hydrogens (tertiary/aromatic N) is 2. The molecule has 0 saturated carbocycles. The van der Waals surface area contributed by atoms with Crippen LogP contribution in [0.25, 0.3) is 0 Å². The second kappa shape index (κ2) is 9.19. The Morgan fingerprint density at radius 1 is 1.21 bits per heavy atom. The molecule has 0 aliphatic carbocycles. The van der Waals surface area contributed by atoms with Gasteiger partial charge in [0.1, 0.15) is 10.3 Å². The van der Waals surface area contributed by atoms with E-state index in [4.69, 9.17) is 14.2 Å². The molecule has 7 heteroatoms. The molecule has 108 valence electrons. The van der Waals surface area contributed by atoms with Crippen molar-refractivity contribution in [2.45, 2.75) is 13.5 Å². The Morgan fingerprint density at radius 3 is 2.53 bits per heavy atom. The van der Waals surface area contributed by atoms with E-state index in [2.05, 4.69) is 20.9 Å². The van der Waals surface area contributed by atoms with Crippen LogP contribution in [0.3, 0.4) is 0 Å². The molecule has 0 radical (unpaired) electrons. The molecule has 1 aromatic rings. The Bertz CT molecular complexity index is 436. The minimum absolute atomic E-state index is 0.0903. The second-order valence-corrected chi connectivity index (χ2v) is 4.68. The van der Waals surface area contributed by atoms with Crippen LogP contribution >= 0.6 is 15.9 Å². The number of hydrogen-bond donors (Lipinski definition) is 0. The van der Waals surface area contributed by atoms with Gasteiger partial charge in [-0.1, -0.05) is 0 Å². The first kappa shape index (κ1) is 16.3. The maximum absolute atomic E-state index is 11.8. The first-order chi connectivity index (χ1) is 9.16. The predicted octanol–water partition coefficient (Wildman–Crippen LogP) is 0.994. The summed E-state index contributed by atoms with van der Waals surface area (Å²) in [6.45, 7) is 4.89. The highest BCUT2D eigenvalue weighted by atomic mass is 79.9. The number of ether oxygens (including phenoxy) is 3. The first-order valence-electron chi connectivity index (χ1n) is 6.03. The lowest BCUT2D eigenvalue weighted by molar-refractivity contribution is 0.0227. The molecular formula is C12H19BrN2O4. The van der Waals surface area contributed by atoms with E-state index in [1.165, 1.54) is 6.20 Å². The summed E-state index contributed by atoms with van der Waals surface area (Å²) in [6.07, 6.45) is 1.51. The topological polar surface area (TPSA) is 62.6 Å². The van der Waals surface area contributed by atoms with Gasteiger partial charge >= 0.3 is 0 Å². The maximum Gasteiger partial charge on any atom is 0.267 e. The molecule has 0 spiro atoms. The van der Waals surface area contributed by atoms with Crippen LogP contribution in [0.1, 0.15) is 5.82 Å². The number of methoxy groups -OCH3 is 1. The molecule has 19 heavy (non-hydrogen) atoms. The van der Waals surface area contributed by atoms with Gasteiger partial charge in [-0.3, -0.25) is 9.36 Å². The lowest BCUT2D eigenvalue weighted by Gasteiger charge is -2.10. The quantitative estimate of drug-likeness (QED) is 0.630. The van der Waals surface area contributed by atoms with Gasteiger partial charge in [-0.25, -0.2) is 4.98 Å². The van der Waals surface area contributed by atoms with Crippen molar-refractivity contribution in [3.8, 4) is 0 Å². The van der Waals surface area contributed by atoms with Crippen LogP contribution in [-0.4, -0.2) is 49.7 Å². The fourth-order valence-corrected chi connectivity index (χ4v) is 1.75. The van der Waals surface area contributed by atoms with Gasteiger partial charge in [-0.15, -0.1) is 0 Å². The minimum Gasteiger partial charge on any atom is -0.382 e. The summed E-state index contributed by atoms with van der Waals surface area (Å²) in [6, 6.07) is 0. The van der Waals surface area contributed by atoms with E-state index in [0.29, 0.717) is 49.9 Å². The van der Waals surface area contributed by atoms with Gasteiger partial charge in [0.05, 0.1) is 39.6 Å². The summed E-state index contributed by atoms with van der Waals surface area (Å²) in [5.74, 6) is 0.674. The van der Waals surface area contributed by atoms with Crippen molar-refractivity contribution < 1.29 is 14.2 Å². The van der Waals surface area contributed by atoms with Gasteiger partial charge < -0.3 is 14.2 Å². The zero-order chi connectivity index (χ0) is 14.1. The van der Waals surface area contributed by atoms with E-state index < -0.39 is 0 Å². The average molecular weight is 335 g/mol. The number of hydrogen-bond acceptors (Lipinski definition) is 5. The lowest BCUT2D eigenvalue weighted by Crippen LogP contribution is -2.26. The standard InChI is InChI=1S/C12H19BrN2O4/c1-10-14-9-11(13)12(16)15(10)3-4-18-7-8-19-6-5-17-2/h9H,3-8H2,1-2H3. The summed E-state index contributed by atoms with van der Waals surface area (Å²) in [4.78, 5) is 15.9. The van der Waals surface area contributed by atoms with Gasteiger partial charge in [-0.2, -0.15) is 0 Å². The van der Waals surface area contributed by atoms with Gasteiger partial charge in [0.2, 0.25) is 0 Å². The smallest absolute Gasteiger partial charge is 0.267 e. The molecular weight excluding hydrogens is 316 g/mol. The Morgan fingerprint density at radius 2 is 1.84 bits per heavy atom. The van der Waals surface area contributed by atoms with Crippen molar-refractivity contribution in [2.24, 2.45) is 0 Å². The number of halogens is 1. The summed E-state index contributed by atoms with van der Waals surface area (Å²) < 4.78 is 17.5. The third kappa shape index (κ3) is 5.82. The molecule has 0 N–H and O–H groups in total. The molecule has 0 amide bonds. The molecule has 0 atom stereocenters. The van der Waals surface area contributed by atoms with Crippen molar-refractivity contribution in [3.63, 3.8) is 0 Å². The molecule has 0 unspecified atom stereocenters. The third-order valence-corrected chi connectivity index (χ3v) is 3.01. The highest BCUT2D eigenvalue weighted by Gasteiger charge is 2.04. The van der Waals surface area contributed by atoms with Gasteiger partial charge in [0.25, 0.3) is 5.56 Å². The van der Waals surface area contributed by atoms with Crippen LogP contribution in [0.4, 0.5) is 0 Å². The molecule has 0 aliphatic rings. The minimum atomic E-state index is -0.0903. The van der Waals surface area contributed by atoms with Crippen LogP contribution in [0.5, 0.6) is 0 Å². The summed E-state index contributed by atoms with van der Waals surface area (Å²) in [5.41, 5.74) is -0.0903. The largest absolute Gasteiger partial charge is 0.382 e. The van der Waals surface area contributed by atoms with E-state index in [1.54, 1.807) is 18.6 Å². The SMILES string of the molecule is COCCOCCOCCn1c(C)ncc(Br)c1=O. The Labute approximate surface area is 120 Å². The molecule has 0 bridgehead atoms. The fourth-order valence-electron chi connectivity index (χ4n) is 1.43. The third-order valence-electron chi connectivity index (χ3n) is 2.47. The van der Waals surface area contributed by atoms with Crippen LogP contribution in [0.2, 0.25) is 0 Å². The van der Waals surface area contributed by atoms with Crippen LogP contribution in [-0.2, 0) is 20.8 Å². The molecule has 1 heterocycles. The average Bonchev–Trinajstić information content (AvgIpc) is 2.40. The summed E-state index contributed by atoms with van der Waals surface area (Å²) in [7, 11) is 1.63. The van der Waals surface area contributed by atoms with E-state index in [9.17, 15) is 4.79 Å². The molecule has 1 rings (SSSR count). The predicted molar refractivity (Wildman–Crippen MR) is 74.4 cm³/mol. The summed E-state index contributed by atoms with van der Waals surface area (Å²) >= 11 is 3.17. The molecule has 6 nitrogen and oxygen atoms in total. The van der Waals surface area contributed by atoms with Crippen molar-refractivity contribution >= 4 is 15.9 Å². The molecule has 0 aliphatic heterocycles. The molecule has 0 fully saturated rings. The van der Waals surface area contributed by atoms with E-state index in [-0.39, 0.29) is 5.56 Å². The van der Waals surface area contributed by atoms with E-state index >= 15 is 0 Å². The highest BCUT2D eigenvalue weighted by molar-refractivity contribution is 9.10. The Hall–Kier alpha value is -0.760. The zero-order valence-electron chi connectivity index (χ0n) is 11.2. The molecule has 0 aromatic carbocycles. The monoisotopic (exact) mass is 334 g/mol. The molecule has 0 saturated heterocycles. The van der Waals surface area contributed by atoms with Crippen molar-refractivity contribution in [1.29, 1.82) is 0 Å². The lowest BCUT2D eigenvalue weighted by atomic mass is 10.5. The first-order valence-corrected chi connectivity index (χ1v) is 6.82. The Balaban J connectivity index is 2.23. The van der Waals surface area contributed by atoms with Crippen molar-refractivity contribution in [3.05, 3.63) is 26.8 Å². The number of aryl methyl sites for hydroxylation is 1. The van der Waals surface area contributed by atoms with Gasteiger partial charge in [-0.05, 0) is 22.9 Å². The summed E-state index contributed by atoms with van der Waals surface area (Å²) in [5, 5.41) is 0. The van der Waals surface area contributed by atoms with Crippen molar-refractivity contribution in [2.75, 3.05) is 40.1 Å².